The van der Waals surface area contributed by atoms with Crippen molar-refractivity contribution in [3.63, 3.8) is 0 Å². The van der Waals surface area contributed by atoms with Crippen LogP contribution in [-0.2, 0) is 16.0 Å². The number of likely N-dealkylation sites (N-methyl/N-ethyl adjacent to an activating group) is 1. The van der Waals surface area contributed by atoms with Crippen LogP contribution in [0.15, 0.2) is 42.7 Å². The van der Waals surface area contributed by atoms with Crippen LogP contribution in [0.3, 0.4) is 0 Å². The molecule has 1 aromatic heterocycles. The van der Waals surface area contributed by atoms with Crippen LogP contribution in [0.1, 0.15) is 18.4 Å². The van der Waals surface area contributed by atoms with Crippen LogP contribution in [-0.4, -0.2) is 42.4 Å². The molecule has 1 N–H and O–H groups in total. The van der Waals surface area contributed by atoms with Gasteiger partial charge in [-0.15, -0.1) is 0 Å². The number of carbonyl (C=O) groups excluding carboxylic acids is 2. The highest BCUT2D eigenvalue weighted by Gasteiger charge is 2.57. The van der Waals surface area contributed by atoms with Crippen molar-refractivity contribution in [3.8, 4) is 5.75 Å². The van der Waals surface area contributed by atoms with Gasteiger partial charge in [-0.1, -0.05) is 11.6 Å². The van der Waals surface area contributed by atoms with Gasteiger partial charge < -0.3 is 15.0 Å². The minimum atomic E-state index is -0.973. The lowest BCUT2D eigenvalue weighted by atomic mass is 10.0. The summed E-state index contributed by atoms with van der Waals surface area (Å²) in [5.41, 5.74) is 0.676. The third-order valence-electron chi connectivity index (χ3n) is 4.84. The second-order valence-corrected chi connectivity index (χ2v) is 7.12. The number of methoxy groups -OCH3 is 1. The summed E-state index contributed by atoms with van der Waals surface area (Å²) in [6, 6.07) is 8.85. The number of anilines is 1. The van der Waals surface area contributed by atoms with Gasteiger partial charge in [0.1, 0.15) is 11.2 Å². The van der Waals surface area contributed by atoms with Crippen molar-refractivity contribution in [1.29, 1.82) is 0 Å². The Labute approximate surface area is 163 Å². The molecule has 1 heterocycles. The Balaban J connectivity index is 1.62. The third-order valence-corrected chi connectivity index (χ3v) is 5.13. The van der Waals surface area contributed by atoms with Gasteiger partial charge >= 0.3 is 0 Å². The van der Waals surface area contributed by atoms with E-state index in [1.807, 2.05) is 12.1 Å². The SMILES string of the molecule is COc1ccc(NC(=O)C2(C(=O)N(C)CCc3ccncc3)CC2)cc1Cl. The van der Waals surface area contributed by atoms with Gasteiger partial charge in [0, 0.05) is 31.7 Å². The lowest BCUT2D eigenvalue weighted by molar-refractivity contribution is -0.141. The molecule has 1 aliphatic carbocycles. The van der Waals surface area contributed by atoms with Gasteiger partial charge in [-0.3, -0.25) is 14.6 Å². The average molecular weight is 388 g/mol. The number of nitrogens with zero attached hydrogens (tertiary/aromatic N) is 2. The zero-order valence-corrected chi connectivity index (χ0v) is 16.1. The van der Waals surface area contributed by atoms with Crippen molar-refractivity contribution in [3.05, 3.63) is 53.3 Å². The predicted molar refractivity (Wildman–Crippen MR) is 104 cm³/mol. The fourth-order valence-corrected chi connectivity index (χ4v) is 3.23. The molecule has 1 aromatic carbocycles. The van der Waals surface area contributed by atoms with Gasteiger partial charge in [0.05, 0.1) is 12.1 Å². The van der Waals surface area contributed by atoms with E-state index in [2.05, 4.69) is 10.3 Å². The summed E-state index contributed by atoms with van der Waals surface area (Å²) >= 11 is 6.10. The van der Waals surface area contributed by atoms with Crippen molar-refractivity contribution in [2.75, 3.05) is 26.0 Å². The number of ether oxygens (including phenoxy) is 1. The molecule has 27 heavy (non-hydrogen) atoms. The number of pyridine rings is 1. The first-order chi connectivity index (χ1) is 13.0. The summed E-state index contributed by atoms with van der Waals surface area (Å²) in [4.78, 5) is 31.2. The van der Waals surface area contributed by atoms with Crippen molar-refractivity contribution < 1.29 is 14.3 Å². The largest absolute Gasteiger partial charge is 0.495 e. The summed E-state index contributed by atoms with van der Waals surface area (Å²) in [5, 5.41) is 3.22. The van der Waals surface area contributed by atoms with Gasteiger partial charge in [-0.05, 0) is 55.2 Å². The Morgan fingerprint density at radius 2 is 1.96 bits per heavy atom. The van der Waals surface area contributed by atoms with Crippen molar-refractivity contribution in [2.24, 2.45) is 5.41 Å². The molecule has 1 aliphatic rings. The summed E-state index contributed by atoms with van der Waals surface area (Å²) in [7, 11) is 3.26. The van der Waals surface area contributed by atoms with Crippen molar-refractivity contribution >= 4 is 29.1 Å². The number of rotatable bonds is 7. The van der Waals surface area contributed by atoms with E-state index in [9.17, 15) is 9.59 Å². The van der Waals surface area contributed by atoms with E-state index in [-0.39, 0.29) is 11.8 Å². The minimum Gasteiger partial charge on any atom is -0.495 e. The van der Waals surface area contributed by atoms with E-state index in [1.165, 1.54) is 7.11 Å². The molecule has 3 rings (SSSR count). The van der Waals surface area contributed by atoms with E-state index in [4.69, 9.17) is 16.3 Å². The number of carbonyl (C=O) groups is 2. The third kappa shape index (κ3) is 4.22. The molecule has 1 saturated carbocycles. The maximum atomic E-state index is 12.9. The van der Waals surface area contributed by atoms with E-state index < -0.39 is 5.41 Å². The highest BCUT2D eigenvalue weighted by Crippen LogP contribution is 2.48. The molecule has 0 bridgehead atoms. The van der Waals surface area contributed by atoms with Gasteiger partial charge in [-0.2, -0.15) is 0 Å². The first-order valence-corrected chi connectivity index (χ1v) is 9.13. The van der Waals surface area contributed by atoms with Crippen LogP contribution < -0.4 is 10.1 Å². The number of amides is 2. The summed E-state index contributed by atoms with van der Waals surface area (Å²) < 4.78 is 5.11. The number of benzene rings is 1. The smallest absolute Gasteiger partial charge is 0.240 e. The van der Waals surface area contributed by atoms with Crippen LogP contribution >= 0.6 is 11.6 Å². The van der Waals surface area contributed by atoms with Gasteiger partial charge in [0.15, 0.2) is 0 Å². The molecular formula is C20H22ClN3O3. The average Bonchev–Trinajstić information content (AvgIpc) is 3.48. The van der Waals surface area contributed by atoms with Crippen LogP contribution in [0, 0.1) is 5.41 Å². The number of hydrogen-bond donors (Lipinski definition) is 1. The fraction of sp³-hybridized carbons (Fsp3) is 0.350. The van der Waals surface area contributed by atoms with Gasteiger partial charge in [-0.25, -0.2) is 0 Å². The second-order valence-electron chi connectivity index (χ2n) is 6.72. The molecule has 0 aliphatic heterocycles. The number of halogens is 1. The zero-order valence-electron chi connectivity index (χ0n) is 15.4. The lowest BCUT2D eigenvalue weighted by Gasteiger charge is -2.23. The maximum absolute atomic E-state index is 12.9. The fourth-order valence-electron chi connectivity index (χ4n) is 2.97. The molecule has 0 atom stereocenters. The summed E-state index contributed by atoms with van der Waals surface area (Å²) in [6.07, 6.45) is 5.29. The van der Waals surface area contributed by atoms with E-state index in [0.29, 0.717) is 35.8 Å². The van der Waals surface area contributed by atoms with Crippen molar-refractivity contribution in [1.82, 2.24) is 9.88 Å². The van der Waals surface area contributed by atoms with E-state index >= 15 is 0 Å². The van der Waals surface area contributed by atoms with E-state index in [1.54, 1.807) is 42.5 Å². The summed E-state index contributed by atoms with van der Waals surface area (Å²) in [6.45, 7) is 0.548. The first kappa shape index (κ1) is 19.2. The Morgan fingerprint density at radius 1 is 1.26 bits per heavy atom. The van der Waals surface area contributed by atoms with Crippen LogP contribution in [0.25, 0.3) is 0 Å². The molecule has 6 nitrogen and oxygen atoms in total. The molecule has 7 heteroatoms. The molecule has 0 unspecified atom stereocenters. The molecular weight excluding hydrogens is 366 g/mol. The van der Waals surface area contributed by atoms with Gasteiger partial charge in [0.2, 0.25) is 11.8 Å². The van der Waals surface area contributed by atoms with Crippen molar-refractivity contribution in [2.45, 2.75) is 19.3 Å². The lowest BCUT2D eigenvalue weighted by Crippen LogP contribution is -2.41. The topological polar surface area (TPSA) is 71.5 Å². The standard InChI is InChI=1S/C20H22ClN3O3/c1-24(12-7-14-5-10-22-11-6-14)19(26)20(8-9-20)18(25)23-15-3-4-17(27-2)16(21)13-15/h3-6,10-11,13H,7-9,12H2,1-2H3,(H,23,25). The number of aromatic nitrogens is 1. The molecule has 2 aromatic rings. The maximum Gasteiger partial charge on any atom is 0.240 e. The van der Waals surface area contributed by atoms with Crippen LogP contribution in [0.4, 0.5) is 5.69 Å². The minimum absolute atomic E-state index is 0.145. The molecule has 142 valence electrons. The Hall–Kier alpha value is -2.60. The molecule has 0 radical (unpaired) electrons. The Kier molecular flexibility index (Phi) is 5.65. The first-order valence-electron chi connectivity index (χ1n) is 8.76. The highest BCUT2D eigenvalue weighted by atomic mass is 35.5. The van der Waals surface area contributed by atoms with Crippen LogP contribution in [0.2, 0.25) is 5.02 Å². The molecule has 1 fully saturated rings. The second kappa shape index (κ2) is 7.96. The number of nitrogens with one attached hydrogen (secondary N) is 1. The Bertz CT molecular complexity index is 838. The highest BCUT2D eigenvalue weighted by molar-refractivity contribution is 6.32. The number of hydrogen-bond acceptors (Lipinski definition) is 4. The molecule has 0 saturated heterocycles. The normalized spacial score (nSPS) is 14.3. The quantitative estimate of drug-likeness (QED) is 0.741. The monoisotopic (exact) mass is 387 g/mol. The zero-order chi connectivity index (χ0) is 19.4. The molecule has 0 spiro atoms. The van der Waals surface area contributed by atoms with Crippen LogP contribution in [0.5, 0.6) is 5.75 Å². The predicted octanol–water partition coefficient (Wildman–Crippen LogP) is 3.16. The van der Waals surface area contributed by atoms with E-state index in [0.717, 1.165) is 12.0 Å². The Morgan fingerprint density at radius 3 is 2.56 bits per heavy atom. The summed E-state index contributed by atoms with van der Waals surface area (Å²) in [5.74, 6) is 0.0980. The van der Waals surface area contributed by atoms with Gasteiger partial charge in [0.25, 0.3) is 0 Å². The molecule has 2 amide bonds.